The van der Waals surface area contributed by atoms with E-state index in [4.69, 9.17) is 0 Å². The van der Waals surface area contributed by atoms with E-state index < -0.39 is 0 Å². The Balaban J connectivity index is 2.30. The van der Waals surface area contributed by atoms with Gasteiger partial charge in [-0.3, -0.25) is 4.98 Å². The predicted molar refractivity (Wildman–Crippen MR) is 63.5 cm³/mol. The summed E-state index contributed by atoms with van der Waals surface area (Å²) < 4.78 is 12.8. The van der Waals surface area contributed by atoms with Gasteiger partial charge < -0.3 is 5.32 Å². The first-order valence-corrected chi connectivity index (χ1v) is 6.28. The molecule has 0 spiro atoms. The van der Waals surface area contributed by atoms with Crippen molar-refractivity contribution in [3.05, 3.63) is 29.8 Å². The number of nitrogens with one attached hydrogen (secondary N) is 1. The van der Waals surface area contributed by atoms with Crippen molar-refractivity contribution in [2.24, 2.45) is 0 Å². The van der Waals surface area contributed by atoms with Crippen LogP contribution < -0.4 is 5.32 Å². The summed E-state index contributed by atoms with van der Waals surface area (Å²) in [6.07, 6.45) is 2.91. The molecule has 0 aliphatic heterocycles. The molecule has 2 nitrogen and oxygen atoms in total. The second kappa shape index (κ2) is 6.80. The third-order valence-electron chi connectivity index (χ3n) is 1.99. The average Bonchev–Trinajstić information content (AvgIpc) is 2.23. The van der Waals surface area contributed by atoms with Crippen molar-refractivity contribution in [3.8, 4) is 0 Å². The molecule has 4 heteroatoms. The maximum Gasteiger partial charge on any atom is 0.141 e. The topological polar surface area (TPSA) is 24.9 Å². The highest BCUT2D eigenvalue weighted by Gasteiger charge is 2.01. The van der Waals surface area contributed by atoms with E-state index in [2.05, 4.69) is 24.1 Å². The first-order chi connectivity index (χ1) is 7.22. The maximum absolute atomic E-state index is 12.8. The lowest BCUT2D eigenvalue weighted by Crippen LogP contribution is -2.27. The van der Waals surface area contributed by atoms with Gasteiger partial charge in [-0.1, -0.05) is 6.92 Å². The minimum atomic E-state index is -0.273. The summed E-state index contributed by atoms with van der Waals surface area (Å²) in [6.45, 7) is 4.96. The lowest BCUT2D eigenvalue weighted by Gasteiger charge is -2.12. The monoisotopic (exact) mass is 228 g/mol. The number of halogens is 1. The molecule has 0 radical (unpaired) electrons. The molecular formula is C11H17FN2S. The standard InChI is InChI=1S/C11H17FN2S/c1-3-15-8-9(2)14-6-10-4-11(12)7-13-5-10/h4-5,7,9,14H,3,6,8H2,1-2H3. The van der Waals surface area contributed by atoms with Crippen LogP contribution in [0.5, 0.6) is 0 Å². The Morgan fingerprint density at radius 3 is 3.00 bits per heavy atom. The molecule has 1 atom stereocenters. The summed E-state index contributed by atoms with van der Waals surface area (Å²) in [6, 6.07) is 1.96. The number of nitrogens with zero attached hydrogens (tertiary/aromatic N) is 1. The number of aromatic nitrogens is 1. The molecule has 1 unspecified atom stereocenters. The highest BCUT2D eigenvalue weighted by Crippen LogP contribution is 2.04. The second-order valence-electron chi connectivity index (χ2n) is 3.45. The molecule has 0 saturated heterocycles. The number of hydrogen-bond acceptors (Lipinski definition) is 3. The van der Waals surface area contributed by atoms with Gasteiger partial charge in [0.1, 0.15) is 5.82 Å². The summed E-state index contributed by atoms with van der Waals surface area (Å²) in [5, 5.41) is 3.33. The van der Waals surface area contributed by atoms with E-state index in [1.54, 1.807) is 6.20 Å². The van der Waals surface area contributed by atoms with Gasteiger partial charge in [0.05, 0.1) is 6.20 Å². The van der Waals surface area contributed by atoms with Gasteiger partial charge in [-0.05, 0) is 24.3 Å². The predicted octanol–water partition coefficient (Wildman–Crippen LogP) is 2.45. The SMILES string of the molecule is CCSCC(C)NCc1cncc(F)c1. The zero-order valence-electron chi connectivity index (χ0n) is 9.16. The lowest BCUT2D eigenvalue weighted by atomic mass is 10.2. The molecule has 0 bridgehead atoms. The number of thioether (sulfide) groups is 1. The largest absolute Gasteiger partial charge is 0.309 e. The first-order valence-electron chi connectivity index (χ1n) is 5.13. The van der Waals surface area contributed by atoms with E-state index in [-0.39, 0.29) is 5.82 Å². The molecule has 0 fully saturated rings. The third kappa shape index (κ3) is 5.14. The fraction of sp³-hybridized carbons (Fsp3) is 0.545. The van der Waals surface area contributed by atoms with Crippen molar-refractivity contribution in [2.45, 2.75) is 26.4 Å². The summed E-state index contributed by atoms with van der Waals surface area (Å²) in [5.74, 6) is 1.94. The Bertz CT molecular complexity index is 294. The Hall–Kier alpha value is -0.610. The molecule has 0 amide bonds. The highest BCUT2D eigenvalue weighted by atomic mass is 32.2. The van der Waals surface area contributed by atoms with Crippen molar-refractivity contribution >= 4 is 11.8 Å². The number of pyridine rings is 1. The molecule has 0 aliphatic carbocycles. The first kappa shape index (κ1) is 12.5. The fourth-order valence-corrected chi connectivity index (χ4v) is 1.91. The molecule has 0 saturated carbocycles. The van der Waals surface area contributed by atoms with E-state index in [0.717, 1.165) is 17.1 Å². The molecule has 1 rings (SSSR count). The van der Waals surface area contributed by atoms with E-state index in [1.807, 2.05) is 11.8 Å². The zero-order chi connectivity index (χ0) is 11.1. The molecule has 15 heavy (non-hydrogen) atoms. The molecule has 1 heterocycles. The quantitative estimate of drug-likeness (QED) is 0.809. The minimum Gasteiger partial charge on any atom is -0.309 e. The molecule has 84 valence electrons. The normalized spacial score (nSPS) is 12.7. The molecule has 1 N–H and O–H groups in total. The van der Waals surface area contributed by atoms with Crippen LogP contribution in [0.2, 0.25) is 0 Å². The van der Waals surface area contributed by atoms with Gasteiger partial charge in [0.25, 0.3) is 0 Å². The zero-order valence-corrected chi connectivity index (χ0v) is 9.98. The van der Waals surface area contributed by atoms with Crippen LogP contribution in [0.3, 0.4) is 0 Å². The third-order valence-corrected chi connectivity index (χ3v) is 3.13. The Morgan fingerprint density at radius 2 is 2.33 bits per heavy atom. The van der Waals surface area contributed by atoms with Gasteiger partial charge in [0.15, 0.2) is 0 Å². The molecular weight excluding hydrogens is 211 g/mol. The van der Waals surface area contributed by atoms with Crippen LogP contribution in [-0.2, 0) is 6.54 Å². The van der Waals surface area contributed by atoms with Crippen LogP contribution in [0.15, 0.2) is 18.5 Å². The van der Waals surface area contributed by atoms with Gasteiger partial charge in [0.2, 0.25) is 0 Å². The Kier molecular flexibility index (Phi) is 5.65. The van der Waals surface area contributed by atoms with Crippen molar-refractivity contribution in [2.75, 3.05) is 11.5 Å². The number of hydrogen-bond donors (Lipinski definition) is 1. The van der Waals surface area contributed by atoms with Crippen molar-refractivity contribution < 1.29 is 4.39 Å². The Labute approximate surface area is 94.7 Å². The van der Waals surface area contributed by atoms with E-state index in [1.165, 1.54) is 12.3 Å². The van der Waals surface area contributed by atoms with Crippen LogP contribution in [0.4, 0.5) is 4.39 Å². The van der Waals surface area contributed by atoms with E-state index in [9.17, 15) is 4.39 Å². The molecule has 1 aromatic rings. The maximum atomic E-state index is 12.8. The smallest absolute Gasteiger partial charge is 0.141 e. The van der Waals surface area contributed by atoms with E-state index in [0.29, 0.717) is 12.6 Å². The van der Waals surface area contributed by atoms with Crippen molar-refractivity contribution in [3.63, 3.8) is 0 Å². The van der Waals surface area contributed by atoms with E-state index >= 15 is 0 Å². The van der Waals surface area contributed by atoms with Crippen molar-refractivity contribution in [1.29, 1.82) is 0 Å². The van der Waals surface area contributed by atoms with Crippen LogP contribution in [0, 0.1) is 5.82 Å². The van der Waals surface area contributed by atoms with Gasteiger partial charge >= 0.3 is 0 Å². The van der Waals surface area contributed by atoms with Gasteiger partial charge in [-0.2, -0.15) is 11.8 Å². The molecule has 0 aromatic carbocycles. The van der Waals surface area contributed by atoms with Crippen LogP contribution >= 0.6 is 11.8 Å². The van der Waals surface area contributed by atoms with Gasteiger partial charge in [0, 0.05) is 24.5 Å². The number of rotatable bonds is 6. The van der Waals surface area contributed by atoms with Gasteiger partial charge in [-0.25, -0.2) is 4.39 Å². The summed E-state index contributed by atoms with van der Waals surface area (Å²) >= 11 is 1.90. The lowest BCUT2D eigenvalue weighted by molar-refractivity contribution is 0.583. The van der Waals surface area contributed by atoms with Crippen LogP contribution in [-0.4, -0.2) is 22.5 Å². The summed E-state index contributed by atoms with van der Waals surface area (Å²) in [7, 11) is 0. The fourth-order valence-electron chi connectivity index (χ4n) is 1.20. The molecule has 0 aliphatic rings. The minimum absolute atomic E-state index is 0.273. The van der Waals surface area contributed by atoms with Crippen LogP contribution in [0.25, 0.3) is 0 Å². The van der Waals surface area contributed by atoms with Crippen molar-refractivity contribution in [1.82, 2.24) is 10.3 Å². The van der Waals surface area contributed by atoms with Crippen LogP contribution in [0.1, 0.15) is 19.4 Å². The summed E-state index contributed by atoms with van der Waals surface area (Å²) in [5.41, 5.74) is 0.892. The Morgan fingerprint density at radius 1 is 1.53 bits per heavy atom. The second-order valence-corrected chi connectivity index (χ2v) is 4.77. The average molecular weight is 228 g/mol. The summed E-state index contributed by atoms with van der Waals surface area (Å²) in [4.78, 5) is 3.80. The highest BCUT2D eigenvalue weighted by molar-refractivity contribution is 7.99. The molecule has 1 aromatic heterocycles. The van der Waals surface area contributed by atoms with Gasteiger partial charge in [-0.15, -0.1) is 0 Å².